The monoisotopic (exact) mass is 638 g/mol. The van der Waals surface area contributed by atoms with Crippen molar-refractivity contribution in [3.05, 3.63) is 138 Å². The number of hydrogen-bond donors (Lipinski definition) is 3. The van der Waals surface area contributed by atoms with Gasteiger partial charge in [0.25, 0.3) is 0 Å². The van der Waals surface area contributed by atoms with E-state index in [9.17, 15) is 0 Å². The van der Waals surface area contributed by atoms with E-state index in [4.69, 9.17) is 4.98 Å². The molecule has 0 fully saturated rings. The van der Waals surface area contributed by atoms with Crippen molar-refractivity contribution in [3.63, 3.8) is 0 Å². The van der Waals surface area contributed by atoms with Crippen molar-refractivity contribution in [1.29, 1.82) is 0 Å². The molecule has 3 N–H and O–H groups in total. The number of H-pyrrole nitrogens is 3. The predicted octanol–water partition coefficient (Wildman–Crippen LogP) is 12.3. The van der Waals surface area contributed by atoms with Crippen LogP contribution in [-0.2, 0) is 10.8 Å². The molecule has 242 valence electrons. The zero-order valence-electron chi connectivity index (χ0n) is 29.1. The molecule has 8 bridgehead atoms. The molecule has 0 spiro atoms. The van der Waals surface area contributed by atoms with Crippen molar-refractivity contribution < 1.29 is 0 Å². The molecule has 0 amide bonds. The lowest BCUT2D eigenvalue weighted by Gasteiger charge is -2.19. The smallest absolute Gasteiger partial charge is 0.0872 e. The average molecular weight is 639 g/mol. The maximum Gasteiger partial charge on any atom is 0.0872 e. The molecule has 1 aliphatic rings. The van der Waals surface area contributed by atoms with Crippen molar-refractivity contribution in [2.24, 2.45) is 0 Å². The minimum absolute atomic E-state index is 0.0700. The summed E-state index contributed by atoms with van der Waals surface area (Å²) in [4.78, 5) is 16.7. The first kappa shape index (κ1) is 30.7. The van der Waals surface area contributed by atoms with E-state index in [1.807, 2.05) is 0 Å². The topological polar surface area (TPSA) is 60.3 Å². The molecule has 4 nitrogen and oxygen atoms in total. The van der Waals surface area contributed by atoms with Gasteiger partial charge < -0.3 is 15.0 Å². The third kappa shape index (κ3) is 5.67. The summed E-state index contributed by atoms with van der Waals surface area (Å²) in [5.41, 5.74) is 17.5. The highest BCUT2D eigenvalue weighted by Gasteiger charge is 2.18. The molecule has 7 aromatic rings. The molecule has 0 unspecified atom stereocenters. The molecule has 1 aliphatic heterocycles. The molecular formula is C45H42N4. The number of fused-ring (bicyclic) bond motifs is 9. The Hall–Kier alpha value is -5.61. The highest BCUT2D eigenvalue weighted by Crippen LogP contribution is 2.37. The largest absolute Gasteiger partial charge is 0.354 e. The van der Waals surface area contributed by atoms with Gasteiger partial charge in [-0.3, -0.25) is 0 Å². The van der Waals surface area contributed by atoms with Crippen LogP contribution in [0, 0.1) is 0 Å². The number of benzene rings is 3. The summed E-state index contributed by atoms with van der Waals surface area (Å²) in [7, 11) is 0. The first-order valence-electron chi connectivity index (χ1n) is 17.1. The molecule has 49 heavy (non-hydrogen) atoms. The second kappa shape index (κ2) is 11.5. The van der Waals surface area contributed by atoms with Crippen LogP contribution < -0.4 is 0 Å². The summed E-state index contributed by atoms with van der Waals surface area (Å²) < 4.78 is 0. The van der Waals surface area contributed by atoms with E-state index in [1.54, 1.807) is 0 Å². The number of aromatic nitrogens is 4. The lowest BCUT2D eigenvalue weighted by atomic mass is 9.86. The van der Waals surface area contributed by atoms with Crippen LogP contribution in [0.2, 0.25) is 0 Å². The summed E-state index contributed by atoms with van der Waals surface area (Å²) in [6.45, 7) is 13.5. The molecule has 4 heteroatoms. The molecule has 5 heterocycles. The summed E-state index contributed by atoms with van der Waals surface area (Å²) in [6.07, 6.45) is 4.26. The number of nitrogens with zero attached hydrogens (tertiary/aromatic N) is 1. The number of nitrogens with one attached hydrogen (secondary N) is 3. The Labute approximate surface area is 288 Å². The average Bonchev–Trinajstić information content (AvgIpc) is 3.91. The van der Waals surface area contributed by atoms with Crippen molar-refractivity contribution in [1.82, 2.24) is 19.9 Å². The Kier molecular flexibility index (Phi) is 7.22. The van der Waals surface area contributed by atoms with Gasteiger partial charge in [0, 0.05) is 44.3 Å². The summed E-state index contributed by atoms with van der Waals surface area (Å²) in [5.74, 6) is 0. The van der Waals surface area contributed by atoms with Crippen molar-refractivity contribution in [2.45, 2.75) is 52.4 Å². The number of aromatic amines is 3. The Morgan fingerprint density at radius 2 is 0.735 bits per heavy atom. The minimum Gasteiger partial charge on any atom is -0.354 e. The second-order valence-electron chi connectivity index (χ2n) is 15.2. The van der Waals surface area contributed by atoms with Crippen LogP contribution in [0.25, 0.3) is 78.6 Å². The normalized spacial score (nSPS) is 12.6. The standard InChI is InChI=1S/C45H42N4/c1-44(2,3)31-16-12-29(13-17-31)42-35-22-20-33(46-35)34-21-23-36(47-34)43(30-14-18-32(19-15-30)45(4,5)6)40-27-25-38(49-40)41(28-10-8-7-9-11-28)37-24-26-39(42)48-37/h7-27,46,48-49H,1-6H3. The molecule has 0 aliphatic carbocycles. The fourth-order valence-corrected chi connectivity index (χ4v) is 6.95. The molecule has 3 aromatic carbocycles. The van der Waals surface area contributed by atoms with Crippen LogP contribution in [0.1, 0.15) is 64.1 Å². The van der Waals surface area contributed by atoms with Gasteiger partial charge >= 0.3 is 0 Å². The van der Waals surface area contributed by atoms with E-state index in [1.165, 1.54) is 11.1 Å². The molecular weight excluding hydrogens is 597 g/mol. The van der Waals surface area contributed by atoms with Gasteiger partial charge in [0.2, 0.25) is 0 Å². The van der Waals surface area contributed by atoms with Crippen LogP contribution in [0.4, 0.5) is 0 Å². The van der Waals surface area contributed by atoms with Gasteiger partial charge in [-0.2, -0.15) is 0 Å². The molecule has 0 atom stereocenters. The Balaban J connectivity index is 1.48. The van der Waals surface area contributed by atoms with Crippen LogP contribution in [0.5, 0.6) is 0 Å². The first-order valence-corrected chi connectivity index (χ1v) is 17.1. The fraction of sp³-hybridized carbons (Fsp3) is 0.178. The third-order valence-electron chi connectivity index (χ3n) is 9.72. The minimum atomic E-state index is 0.0700. The zero-order valence-corrected chi connectivity index (χ0v) is 29.1. The second-order valence-corrected chi connectivity index (χ2v) is 15.2. The SMILES string of the molecule is CC(C)(C)c1ccc(-c2c3nc(c4ccc([nH]4)c(-c4ccc(C(C)(C)C)cc4)c4ccc([nH]4)c(-c4ccccc4)c4ccc2[nH]4)C=C3)cc1. The zero-order chi connectivity index (χ0) is 33.9. The van der Waals surface area contributed by atoms with E-state index >= 15 is 0 Å². The van der Waals surface area contributed by atoms with Gasteiger partial charge in [-0.1, -0.05) is 120 Å². The molecule has 0 saturated carbocycles. The van der Waals surface area contributed by atoms with E-state index in [0.717, 1.165) is 77.9 Å². The lowest BCUT2D eigenvalue weighted by molar-refractivity contribution is 0.590. The Morgan fingerprint density at radius 1 is 0.367 bits per heavy atom. The molecule has 4 aromatic heterocycles. The summed E-state index contributed by atoms with van der Waals surface area (Å²) in [5, 5.41) is 0. The molecule has 0 radical (unpaired) electrons. The van der Waals surface area contributed by atoms with Gasteiger partial charge in [-0.15, -0.1) is 0 Å². The lowest BCUT2D eigenvalue weighted by Crippen LogP contribution is -2.10. The van der Waals surface area contributed by atoms with Gasteiger partial charge in [0.15, 0.2) is 0 Å². The Morgan fingerprint density at radius 3 is 1.20 bits per heavy atom. The molecule has 0 saturated heterocycles. The predicted molar refractivity (Wildman–Crippen MR) is 209 cm³/mol. The number of hydrogen-bond acceptors (Lipinski definition) is 1. The van der Waals surface area contributed by atoms with Gasteiger partial charge in [-0.05, 0) is 87.2 Å². The number of rotatable bonds is 3. The maximum atomic E-state index is 5.24. The molecule has 8 rings (SSSR count). The summed E-state index contributed by atoms with van der Waals surface area (Å²) in [6, 6.07) is 41.7. The Bertz CT molecular complexity index is 2470. The highest BCUT2D eigenvalue weighted by molar-refractivity contribution is 6.00. The quantitative estimate of drug-likeness (QED) is 0.177. The van der Waals surface area contributed by atoms with Crippen molar-refractivity contribution >= 4 is 45.3 Å². The van der Waals surface area contributed by atoms with Crippen molar-refractivity contribution in [2.75, 3.05) is 0 Å². The van der Waals surface area contributed by atoms with E-state index in [-0.39, 0.29) is 10.8 Å². The van der Waals surface area contributed by atoms with E-state index in [2.05, 4.69) is 184 Å². The van der Waals surface area contributed by atoms with Crippen LogP contribution >= 0.6 is 0 Å². The van der Waals surface area contributed by atoms with Crippen LogP contribution in [0.15, 0.2) is 115 Å². The fourth-order valence-electron chi connectivity index (χ4n) is 6.95. The van der Waals surface area contributed by atoms with Gasteiger partial charge in [0.05, 0.1) is 16.9 Å². The highest BCUT2D eigenvalue weighted by atomic mass is 14.8. The van der Waals surface area contributed by atoms with Crippen LogP contribution in [0.3, 0.4) is 0 Å². The first-order chi connectivity index (χ1) is 23.5. The van der Waals surface area contributed by atoms with E-state index < -0.39 is 0 Å². The third-order valence-corrected chi connectivity index (χ3v) is 9.72. The van der Waals surface area contributed by atoms with Gasteiger partial charge in [0.1, 0.15) is 0 Å². The summed E-state index contributed by atoms with van der Waals surface area (Å²) >= 11 is 0. The van der Waals surface area contributed by atoms with E-state index in [0.29, 0.717) is 0 Å². The maximum absolute atomic E-state index is 5.24. The van der Waals surface area contributed by atoms with Gasteiger partial charge in [-0.25, -0.2) is 4.98 Å². The van der Waals surface area contributed by atoms with Crippen molar-refractivity contribution in [3.8, 4) is 33.4 Å². The van der Waals surface area contributed by atoms with Crippen LogP contribution in [-0.4, -0.2) is 19.9 Å².